The fourth-order valence-electron chi connectivity index (χ4n) is 3.03. The van der Waals surface area contributed by atoms with Gasteiger partial charge in [0.1, 0.15) is 5.60 Å². The van der Waals surface area contributed by atoms with Gasteiger partial charge in [-0.3, -0.25) is 0 Å². The summed E-state index contributed by atoms with van der Waals surface area (Å²) in [7, 11) is 1.79. The van der Waals surface area contributed by atoms with E-state index in [-0.39, 0.29) is 11.7 Å². The minimum absolute atomic E-state index is 0.0123. The van der Waals surface area contributed by atoms with Gasteiger partial charge in [0.15, 0.2) is 0 Å². The maximum absolute atomic E-state index is 12.1. The number of ether oxygens (including phenoxy) is 2. The molecule has 0 aromatic carbocycles. The summed E-state index contributed by atoms with van der Waals surface area (Å²) in [5, 5.41) is 3.28. The predicted molar refractivity (Wildman–Crippen MR) is 77.8 cm³/mol. The number of amides is 1. The van der Waals surface area contributed by atoms with E-state index < -0.39 is 5.60 Å². The number of piperidine rings is 1. The van der Waals surface area contributed by atoms with Crippen LogP contribution in [-0.4, -0.2) is 55.5 Å². The van der Waals surface area contributed by atoms with Gasteiger partial charge in [-0.1, -0.05) is 0 Å². The molecular formula is C15H28N2O3. The maximum atomic E-state index is 12.1. The Hall–Kier alpha value is -0.810. The molecule has 0 spiro atoms. The smallest absolute Gasteiger partial charge is 0.410 e. The largest absolute Gasteiger partial charge is 0.444 e. The highest BCUT2D eigenvalue weighted by Crippen LogP contribution is 2.30. The van der Waals surface area contributed by atoms with E-state index in [2.05, 4.69) is 5.32 Å². The van der Waals surface area contributed by atoms with Gasteiger partial charge in [0, 0.05) is 33.3 Å². The molecule has 2 saturated heterocycles. The van der Waals surface area contributed by atoms with Crippen molar-refractivity contribution in [2.45, 2.75) is 51.2 Å². The zero-order valence-corrected chi connectivity index (χ0v) is 13.2. The van der Waals surface area contributed by atoms with Gasteiger partial charge in [0.25, 0.3) is 0 Å². The van der Waals surface area contributed by atoms with Crippen LogP contribution >= 0.6 is 0 Å². The topological polar surface area (TPSA) is 50.8 Å². The molecule has 2 fully saturated rings. The second-order valence-electron chi connectivity index (χ2n) is 7.13. The number of nitrogens with zero attached hydrogens (tertiary/aromatic N) is 1. The fraction of sp³-hybridized carbons (Fsp3) is 0.933. The first-order valence-corrected chi connectivity index (χ1v) is 7.57. The van der Waals surface area contributed by atoms with Gasteiger partial charge < -0.3 is 19.7 Å². The Morgan fingerprint density at radius 1 is 1.40 bits per heavy atom. The molecule has 1 atom stereocenters. The highest BCUT2D eigenvalue weighted by atomic mass is 16.6. The van der Waals surface area contributed by atoms with Gasteiger partial charge >= 0.3 is 6.09 Å². The molecule has 0 radical (unpaired) electrons. The number of nitrogens with one attached hydrogen (secondary N) is 1. The van der Waals surface area contributed by atoms with Crippen LogP contribution in [0.15, 0.2) is 0 Å². The lowest BCUT2D eigenvalue weighted by atomic mass is 9.82. The van der Waals surface area contributed by atoms with E-state index in [1.807, 2.05) is 25.7 Å². The molecule has 0 aromatic heterocycles. The van der Waals surface area contributed by atoms with E-state index in [1.54, 1.807) is 7.11 Å². The Balaban J connectivity index is 1.87. The van der Waals surface area contributed by atoms with E-state index in [9.17, 15) is 4.79 Å². The second-order valence-corrected chi connectivity index (χ2v) is 7.13. The van der Waals surface area contributed by atoms with E-state index in [1.165, 1.54) is 6.42 Å². The summed E-state index contributed by atoms with van der Waals surface area (Å²) in [6.45, 7) is 9.17. The predicted octanol–water partition coefficient (Wildman–Crippen LogP) is 2.01. The summed E-state index contributed by atoms with van der Waals surface area (Å²) in [5.74, 6) is 0.512. The molecular weight excluding hydrogens is 256 g/mol. The zero-order valence-electron chi connectivity index (χ0n) is 13.2. The minimum Gasteiger partial charge on any atom is -0.444 e. The van der Waals surface area contributed by atoms with Crippen molar-refractivity contribution in [1.29, 1.82) is 0 Å². The van der Waals surface area contributed by atoms with Gasteiger partial charge in [0.05, 0.1) is 5.60 Å². The molecule has 116 valence electrons. The average molecular weight is 284 g/mol. The van der Waals surface area contributed by atoms with Gasteiger partial charge in [-0.15, -0.1) is 0 Å². The monoisotopic (exact) mass is 284 g/mol. The van der Waals surface area contributed by atoms with Gasteiger partial charge in [-0.2, -0.15) is 0 Å². The normalized spacial score (nSPS) is 26.0. The Labute approximate surface area is 122 Å². The van der Waals surface area contributed by atoms with Crippen LogP contribution in [0.4, 0.5) is 4.79 Å². The maximum Gasteiger partial charge on any atom is 0.410 e. The number of rotatable bonds is 3. The van der Waals surface area contributed by atoms with Crippen molar-refractivity contribution < 1.29 is 14.3 Å². The van der Waals surface area contributed by atoms with Gasteiger partial charge in [-0.25, -0.2) is 4.79 Å². The molecule has 1 N–H and O–H groups in total. The number of likely N-dealkylation sites (tertiary alicyclic amines) is 1. The van der Waals surface area contributed by atoms with Crippen molar-refractivity contribution in [2.75, 3.05) is 33.3 Å². The van der Waals surface area contributed by atoms with Crippen LogP contribution in [0.1, 0.15) is 40.0 Å². The summed E-state index contributed by atoms with van der Waals surface area (Å²) >= 11 is 0. The molecule has 20 heavy (non-hydrogen) atoms. The molecule has 1 unspecified atom stereocenters. The number of hydrogen-bond acceptors (Lipinski definition) is 4. The van der Waals surface area contributed by atoms with Crippen LogP contribution in [0, 0.1) is 5.92 Å². The lowest BCUT2D eigenvalue weighted by Crippen LogP contribution is -2.62. The Kier molecular flexibility index (Phi) is 4.59. The summed E-state index contributed by atoms with van der Waals surface area (Å²) < 4.78 is 11.1. The zero-order chi connectivity index (χ0) is 14.8. The third-order valence-corrected chi connectivity index (χ3v) is 4.16. The lowest BCUT2D eigenvalue weighted by Gasteiger charge is -2.45. The Bertz CT molecular complexity index is 342. The third kappa shape index (κ3) is 3.85. The van der Waals surface area contributed by atoms with E-state index in [0.29, 0.717) is 5.92 Å². The highest BCUT2D eigenvalue weighted by Gasteiger charge is 2.40. The molecule has 0 aliphatic carbocycles. The second kappa shape index (κ2) is 5.90. The molecule has 2 aliphatic heterocycles. The Morgan fingerprint density at radius 3 is 2.60 bits per heavy atom. The molecule has 0 aromatic rings. The fourth-order valence-corrected chi connectivity index (χ4v) is 3.03. The molecule has 5 heteroatoms. The van der Waals surface area contributed by atoms with Crippen LogP contribution in [0.5, 0.6) is 0 Å². The standard InChI is InChI=1S/C15H28N2O3/c1-14(2,3)20-13(18)17-7-5-6-12(9-17)8-15(19-4)10-16-11-15/h12,16H,5-11H2,1-4H3. The van der Waals surface area contributed by atoms with E-state index in [4.69, 9.17) is 9.47 Å². The van der Waals surface area contributed by atoms with Crippen LogP contribution < -0.4 is 5.32 Å². The van der Waals surface area contributed by atoms with Crippen LogP contribution in [0.3, 0.4) is 0 Å². The first kappa shape index (κ1) is 15.6. The molecule has 0 bridgehead atoms. The van der Waals surface area contributed by atoms with Crippen molar-refractivity contribution in [3.05, 3.63) is 0 Å². The molecule has 2 rings (SSSR count). The number of methoxy groups -OCH3 is 1. The third-order valence-electron chi connectivity index (χ3n) is 4.16. The first-order valence-electron chi connectivity index (χ1n) is 7.57. The SMILES string of the molecule is COC1(CC2CCCN(C(=O)OC(C)(C)C)C2)CNC1. The minimum atomic E-state index is -0.421. The number of hydrogen-bond donors (Lipinski definition) is 1. The van der Waals surface area contributed by atoms with Crippen molar-refractivity contribution in [1.82, 2.24) is 10.2 Å². The summed E-state index contributed by atoms with van der Waals surface area (Å²) in [6, 6.07) is 0. The van der Waals surface area contributed by atoms with Crippen LogP contribution in [0.2, 0.25) is 0 Å². The molecule has 5 nitrogen and oxygen atoms in total. The molecule has 2 heterocycles. The van der Waals surface area contributed by atoms with E-state index >= 15 is 0 Å². The van der Waals surface area contributed by atoms with Crippen molar-refractivity contribution in [3.63, 3.8) is 0 Å². The molecule has 2 aliphatic rings. The highest BCUT2D eigenvalue weighted by molar-refractivity contribution is 5.68. The van der Waals surface area contributed by atoms with Gasteiger partial charge in [-0.05, 0) is 46.0 Å². The van der Waals surface area contributed by atoms with Crippen molar-refractivity contribution in [2.24, 2.45) is 5.92 Å². The van der Waals surface area contributed by atoms with Gasteiger partial charge in [0.2, 0.25) is 0 Å². The quantitative estimate of drug-likeness (QED) is 0.861. The number of carbonyl (C=O) groups is 1. The summed E-state index contributed by atoms with van der Waals surface area (Å²) in [5.41, 5.74) is -0.433. The lowest BCUT2D eigenvalue weighted by molar-refractivity contribution is -0.0739. The summed E-state index contributed by atoms with van der Waals surface area (Å²) in [6.07, 6.45) is 3.07. The molecule has 1 amide bonds. The van der Waals surface area contributed by atoms with Crippen molar-refractivity contribution >= 4 is 6.09 Å². The van der Waals surface area contributed by atoms with Crippen LogP contribution in [0.25, 0.3) is 0 Å². The average Bonchev–Trinajstić information content (AvgIpc) is 2.32. The first-order chi connectivity index (χ1) is 9.34. The van der Waals surface area contributed by atoms with E-state index in [0.717, 1.165) is 39.0 Å². The van der Waals surface area contributed by atoms with Crippen LogP contribution in [-0.2, 0) is 9.47 Å². The Morgan fingerprint density at radius 2 is 2.10 bits per heavy atom. The molecule has 0 saturated carbocycles. The van der Waals surface area contributed by atoms with Crippen molar-refractivity contribution in [3.8, 4) is 0 Å². The summed E-state index contributed by atoms with van der Waals surface area (Å²) in [4.78, 5) is 14.0. The number of carbonyl (C=O) groups excluding carboxylic acids is 1.